The van der Waals surface area contributed by atoms with Gasteiger partial charge in [0.2, 0.25) is 11.9 Å². The molecule has 0 fully saturated rings. The largest absolute Gasteiger partial charge is 0.465 e. The van der Waals surface area contributed by atoms with Crippen LogP contribution in [0.3, 0.4) is 0 Å². The van der Waals surface area contributed by atoms with E-state index in [1.165, 1.54) is 17.0 Å². The second-order valence-electron chi connectivity index (χ2n) is 7.34. The fourth-order valence-electron chi connectivity index (χ4n) is 4.12. The van der Waals surface area contributed by atoms with Crippen LogP contribution in [0.5, 0.6) is 0 Å². The number of benzene rings is 2. The maximum atomic E-state index is 14.1. The molecule has 2 atom stereocenters. The molecule has 1 aliphatic rings. The van der Waals surface area contributed by atoms with Gasteiger partial charge in [-0.1, -0.05) is 24.3 Å². The van der Waals surface area contributed by atoms with Gasteiger partial charge in [0.05, 0.1) is 23.7 Å². The van der Waals surface area contributed by atoms with Gasteiger partial charge in [0.15, 0.2) is 5.92 Å². The number of hydrogen-bond acceptors (Lipinski definition) is 5. The minimum Gasteiger partial charge on any atom is -0.465 e. The number of carbonyl (C=O) groups excluding carboxylic acids is 2. The van der Waals surface area contributed by atoms with E-state index in [1.807, 2.05) is 28.8 Å². The van der Waals surface area contributed by atoms with Crippen molar-refractivity contribution >= 4 is 28.9 Å². The Labute approximate surface area is 179 Å². The number of para-hydroxylation sites is 2. The zero-order valence-electron chi connectivity index (χ0n) is 17.5. The number of aromatic nitrogens is 2. The third-order valence-electron chi connectivity index (χ3n) is 5.41. The predicted octanol–water partition coefficient (Wildman–Crippen LogP) is 3.33. The third kappa shape index (κ3) is 3.79. The van der Waals surface area contributed by atoms with Crippen LogP contribution in [0.4, 0.5) is 10.3 Å². The molecule has 0 unspecified atom stereocenters. The number of halogens is 1. The number of amides is 1. The summed E-state index contributed by atoms with van der Waals surface area (Å²) >= 11 is 0. The van der Waals surface area contributed by atoms with Crippen LogP contribution in [0, 0.1) is 11.7 Å². The van der Waals surface area contributed by atoms with Gasteiger partial charge in [0.1, 0.15) is 5.82 Å². The van der Waals surface area contributed by atoms with E-state index in [2.05, 4.69) is 4.98 Å². The normalized spacial score (nSPS) is 18.3. The lowest BCUT2D eigenvalue weighted by atomic mass is 9.89. The maximum absolute atomic E-state index is 14.1. The number of rotatable bonds is 7. The highest BCUT2D eigenvalue weighted by molar-refractivity contribution is 6.08. The molecule has 1 amide bonds. The summed E-state index contributed by atoms with van der Waals surface area (Å²) in [5.41, 5.74) is 1.95. The first kappa shape index (κ1) is 21.0. The summed E-state index contributed by atoms with van der Waals surface area (Å²) in [6, 6.07) is 12.6. The molecule has 0 N–H and O–H groups in total. The first-order valence-electron chi connectivity index (χ1n) is 10.3. The summed E-state index contributed by atoms with van der Waals surface area (Å²) in [5, 5.41) is 0. The minimum absolute atomic E-state index is 0.139. The summed E-state index contributed by atoms with van der Waals surface area (Å²) in [6.07, 6.45) is 0.575. The molecule has 0 saturated heterocycles. The first-order valence-corrected chi connectivity index (χ1v) is 10.3. The number of hydrogen-bond donors (Lipinski definition) is 0. The van der Waals surface area contributed by atoms with Crippen molar-refractivity contribution in [3.05, 3.63) is 59.9 Å². The molecule has 0 saturated carbocycles. The lowest BCUT2D eigenvalue weighted by Crippen LogP contribution is -2.50. The number of imidazole rings is 1. The molecular formula is C23H24FN3O4. The van der Waals surface area contributed by atoms with E-state index in [0.29, 0.717) is 36.6 Å². The van der Waals surface area contributed by atoms with Gasteiger partial charge >= 0.3 is 5.97 Å². The van der Waals surface area contributed by atoms with Crippen molar-refractivity contribution in [3.63, 3.8) is 0 Å². The van der Waals surface area contributed by atoms with E-state index in [1.54, 1.807) is 26.2 Å². The average Bonchev–Trinajstić information content (AvgIpc) is 3.14. The minimum atomic E-state index is -1.16. The molecule has 0 radical (unpaired) electrons. The van der Waals surface area contributed by atoms with E-state index in [9.17, 15) is 14.0 Å². The highest BCUT2D eigenvalue weighted by Gasteiger charge is 2.47. The lowest BCUT2D eigenvalue weighted by molar-refractivity contribution is -0.153. The standard InChI is InChI=1S/C23H24FN3O4/c1-3-31-22(29)19-20(15-8-6-9-16(24)14-15)27-18-11-5-4-10-17(18)25-23(27)26(21(19)28)12-7-13-30-2/h4-6,8-11,14,19-20H,3,7,12-13H2,1-2H3/t19-,20-/m0/s1. The summed E-state index contributed by atoms with van der Waals surface area (Å²) < 4.78 is 26.4. The van der Waals surface area contributed by atoms with Crippen LogP contribution in [-0.4, -0.2) is 48.3 Å². The SMILES string of the molecule is CCOC(=O)[C@@H]1C(=O)N(CCCOC)c2nc3ccccc3n2[C@H]1c1cccc(F)c1. The number of esters is 1. The second-order valence-corrected chi connectivity index (χ2v) is 7.34. The van der Waals surface area contributed by atoms with E-state index in [-0.39, 0.29) is 6.61 Å². The van der Waals surface area contributed by atoms with Crippen molar-refractivity contribution in [1.82, 2.24) is 9.55 Å². The Kier molecular flexibility index (Phi) is 5.99. The van der Waals surface area contributed by atoms with Crippen molar-refractivity contribution in [2.75, 3.05) is 31.8 Å². The first-order chi connectivity index (χ1) is 15.1. The van der Waals surface area contributed by atoms with Crippen LogP contribution in [-0.2, 0) is 19.1 Å². The second kappa shape index (κ2) is 8.85. The maximum Gasteiger partial charge on any atom is 0.321 e. The van der Waals surface area contributed by atoms with Gasteiger partial charge in [0, 0.05) is 20.3 Å². The molecule has 4 rings (SSSR count). The Morgan fingerprint density at radius 3 is 2.74 bits per heavy atom. The van der Waals surface area contributed by atoms with E-state index >= 15 is 0 Å². The predicted molar refractivity (Wildman–Crippen MR) is 113 cm³/mol. The van der Waals surface area contributed by atoms with E-state index in [0.717, 1.165) is 5.52 Å². The van der Waals surface area contributed by atoms with Crippen LogP contribution in [0.1, 0.15) is 24.9 Å². The van der Waals surface area contributed by atoms with Crippen molar-refractivity contribution in [2.24, 2.45) is 5.92 Å². The Bertz CT molecular complexity index is 1110. The number of methoxy groups -OCH3 is 1. The van der Waals surface area contributed by atoms with Crippen LogP contribution in [0.25, 0.3) is 11.0 Å². The summed E-state index contributed by atoms with van der Waals surface area (Å²) in [6.45, 7) is 2.62. The highest BCUT2D eigenvalue weighted by atomic mass is 19.1. The Hall–Kier alpha value is -3.26. The summed E-state index contributed by atoms with van der Waals surface area (Å²) in [4.78, 5) is 32.8. The van der Waals surface area contributed by atoms with Gasteiger partial charge in [-0.05, 0) is 43.2 Å². The van der Waals surface area contributed by atoms with Gasteiger partial charge in [-0.2, -0.15) is 0 Å². The number of nitrogens with zero attached hydrogens (tertiary/aromatic N) is 3. The summed E-state index contributed by atoms with van der Waals surface area (Å²) in [7, 11) is 1.59. The zero-order valence-corrected chi connectivity index (χ0v) is 17.5. The molecule has 1 aliphatic heterocycles. The van der Waals surface area contributed by atoms with Gasteiger partial charge in [-0.25, -0.2) is 9.37 Å². The Morgan fingerprint density at radius 1 is 1.19 bits per heavy atom. The molecule has 7 nitrogen and oxygen atoms in total. The van der Waals surface area contributed by atoms with Crippen LogP contribution < -0.4 is 4.90 Å². The molecule has 1 aromatic heterocycles. The smallest absolute Gasteiger partial charge is 0.321 e. The number of fused-ring (bicyclic) bond motifs is 3. The monoisotopic (exact) mass is 425 g/mol. The Morgan fingerprint density at radius 2 is 2.00 bits per heavy atom. The topological polar surface area (TPSA) is 73.7 Å². The molecule has 2 heterocycles. The van der Waals surface area contributed by atoms with Crippen molar-refractivity contribution < 1.29 is 23.5 Å². The molecule has 0 bridgehead atoms. The molecule has 3 aromatic rings. The van der Waals surface area contributed by atoms with Gasteiger partial charge < -0.3 is 14.0 Å². The molecule has 31 heavy (non-hydrogen) atoms. The van der Waals surface area contributed by atoms with Gasteiger partial charge in [0.25, 0.3) is 0 Å². The average molecular weight is 425 g/mol. The molecule has 0 aliphatic carbocycles. The van der Waals surface area contributed by atoms with Crippen LogP contribution in [0.2, 0.25) is 0 Å². The van der Waals surface area contributed by atoms with Crippen LogP contribution in [0.15, 0.2) is 48.5 Å². The van der Waals surface area contributed by atoms with Crippen molar-refractivity contribution in [3.8, 4) is 0 Å². The van der Waals surface area contributed by atoms with Gasteiger partial charge in [-0.3, -0.25) is 14.5 Å². The number of anilines is 1. The molecule has 8 heteroatoms. The molecule has 2 aromatic carbocycles. The third-order valence-corrected chi connectivity index (χ3v) is 5.41. The van der Waals surface area contributed by atoms with Crippen molar-refractivity contribution in [1.29, 1.82) is 0 Å². The molecule has 162 valence electrons. The Balaban J connectivity index is 1.94. The highest BCUT2D eigenvalue weighted by Crippen LogP contribution is 2.41. The van der Waals surface area contributed by atoms with E-state index < -0.39 is 29.7 Å². The quantitative estimate of drug-likeness (QED) is 0.330. The lowest BCUT2D eigenvalue weighted by Gasteiger charge is -2.38. The summed E-state index contributed by atoms with van der Waals surface area (Å²) in [5.74, 6) is -2.22. The molecule has 0 spiro atoms. The van der Waals surface area contributed by atoms with Gasteiger partial charge in [-0.15, -0.1) is 0 Å². The zero-order chi connectivity index (χ0) is 22.0. The van der Waals surface area contributed by atoms with Crippen LogP contribution >= 0.6 is 0 Å². The molecular weight excluding hydrogens is 401 g/mol. The fourth-order valence-corrected chi connectivity index (χ4v) is 4.12. The van der Waals surface area contributed by atoms with E-state index in [4.69, 9.17) is 9.47 Å². The number of ether oxygens (including phenoxy) is 2. The van der Waals surface area contributed by atoms with Crippen molar-refractivity contribution in [2.45, 2.75) is 19.4 Å². The fraction of sp³-hybridized carbons (Fsp3) is 0.348. The number of carbonyl (C=O) groups is 2.